The van der Waals surface area contributed by atoms with Crippen LogP contribution in [-0.4, -0.2) is 33.8 Å². The van der Waals surface area contributed by atoms with Crippen molar-refractivity contribution in [1.82, 2.24) is 20.1 Å². The van der Waals surface area contributed by atoms with Crippen LogP contribution in [0.25, 0.3) is 11.3 Å². The number of carbonyl (C=O) groups is 1. The molecule has 0 unspecified atom stereocenters. The van der Waals surface area contributed by atoms with Crippen molar-refractivity contribution in [2.75, 3.05) is 6.54 Å². The summed E-state index contributed by atoms with van der Waals surface area (Å²) < 4.78 is 47.6. The van der Waals surface area contributed by atoms with Crippen molar-refractivity contribution in [2.45, 2.75) is 19.7 Å². The number of aromatic nitrogens is 3. The van der Waals surface area contributed by atoms with Gasteiger partial charge in [-0.3, -0.25) is 0 Å². The Balaban J connectivity index is 1.63. The van der Waals surface area contributed by atoms with Crippen LogP contribution in [0.5, 0.6) is 11.5 Å². The van der Waals surface area contributed by atoms with E-state index in [0.29, 0.717) is 34.3 Å². The van der Waals surface area contributed by atoms with Crippen molar-refractivity contribution in [1.29, 1.82) is 0 Å². The Morgan fingerprint density at radius 3 is 2.64 bits per heavy atom. The van der Waals surface area contributed by atoms with E-state index in [0.717, 1.165) is 5.56 Å². The third kappa shape index (κ3) is 8.02. The number of hydrogen-bond donors (Lipinski definition) is 1. The molecule has 0 aliphatic rings. The summed E-state index contributed by atoms with van der Waals surface area (Å²) in [5, 5.41) is 7.56. The van der Waals surface area contributed by atoms with Crippen LogP contribution in [0.4, 0.5) is 18.0 Å². The monoisotopic (exact) mass is 518 g/mol. The number of allylic oxidation sites excluding steroid dienone is 4. The molecule has 0 saturated carbocycles. The molecule has 0 spiro atoms. The Morgan fingerprint density at radius 2 is 1.97 bits per heavy atom. The molecule has 0 bridgehead atoms. The second kappa shape index (κ2) is 12.1. The summed E-state index contributed by atoms with van der Waals surface area (Å²) in [4.78, 5) is 16.3. The standard InChI is InChI=1S/C25H22ClF3N4O3/c1-3-4-6-18(7-5-14-30-24(34)35-22-13-8-19(26)15-17(22)2)23-31-16-33(32-23)20-9-11-21(12-10-20)36-25(27,28)29/h3,5-13,15-16H,1,4,14H2,2H3,(H,30,34)/b7-5-,18-6+. The number of benzene rings is 2. The van der Waals surface area contributed by atoms with Gasteiger partial charge in [0.1, 0.15) is 17.8 Å². The largest absolute Gasteiger partial charge is 0.573 e. The lowest BCUT2D eigenvalue weighted by atomic mass is 10.2. The number of nitrogens with one attached hydrogen (secondary N) is 1. The Kier molecular flexibility index (Phi) is 8.91. The fourth-order valence-electron chi connectivity index (χ4n) is 2.96. The first-order valence-corrected chi connectivity index (χ1v) is 11.0. The zero-order valence-corrected chi connectivity index (χ0v) is 19.9. The van der Waals surface area contributed by atoms with Crippen LogP contribution < -0.4 is 14.8 Å². The molecular formula is C25H22ClF3N4O3. The molecule has 3 aromatic rings. The van der Waals surface area contributed by atoms with E-state index in [9.17, 15) is 18.0 Å². The Labute approximate surface area is 210 Å². The fraction of sp³-hybridized carbons (Fsp3) is 0.160. The predicted octanol–water partition coefficient (Wildman–Crippen LogP) is 6.43. The van der Waals surface area contributed by atoms with Gasteiger partial charge in [-0.15, -0.1) is 24.8 Å². The van der Waals surface area contributed by atoms with Crippen molar-refractivity contribution >= 4 is 23.3 Å². The maximum absolute atomic E-state index is 12.4. The van der Waals surface area contributed by atoms with Gasteiger partial charge in [-0.1, -0.05) is 35.9 Å². The van der Waals surface area contributed by atoms with Crippen molar-refractivity contribution in [3.05, 3.63) is 96.1 Å². The van der Waals surface area contributed by atoms with Crippen molar-refractivity contribution in [3.8, 4) is 17.2 Å². The number of nitrogens with zero attached hydrogens (tertiary/aromatic N) is 3. The fourth-order valence-corrected chi connectivity index (χ4v) is 3.18. The van der Waals surface area contributed by atoms with Crippen molar-refractivity contribution < 1.29 is 27.4 Å². The normalized spacial score (nSPS) is 12.0. The minimum atomic E-state index is -4.76. The van der Waals surface area contributed by atoms with Gasteiger partial charge in [0.15, 0.2) is 5.82 Å². The molecule has 188 valence electrons. The number of rotatable bonds is 9. The van der Waals surface area contributed by atoms with Gasteiger partial charge in [0, 0.05) is 17.1 Å². The maximum Gasteiger partial charge on any atom is 0.573 e. The minimum Gasteiger partial charge on any atom is -0.410 e. The van der Waals surface area contributed by atoms with Crippen LogP contribution in [-0.2, 0) is 0 Å². The summed E-state index contributed by atoms with van der Waals surface area (Å²) in [5.41, 5.74) is 1.89. The summed E-state index contributed by atoms with van der Waals surface area (Å²) in [6.45, 7) is 5.65. The minimum absolute atomic E-state index is 0.179. The first kappa shape index (κ1) is 26.6. The molecular weight excluding hydrogens is 497 g/mol. The molecule has 1 N–H and O–H groups in total. The Morgan fingerprint density at radius 1 is 1.22 bits per heavy atom. The highest BCUT2D eigenvalue weighted by Crippen LogP contribution is 2.24. The molecule has 1 amide bonds. The van der Waals surface area contributed by atoms with E-state index in [4.69, 9.17) is 16.3 Å². The Bertz CT molecular complexity index is 1270. The summed E-state index contributed by atoms with van der Waals surface area (Å²) in [6, 6.07) is 10.2. The van der Waals surface area contributed by atoms with Gasteiger partial charge >= 0.3 is 12.5 Å². The van der Waals surface area contributed by atoms with Crippen molar-refractivity contribution in [2.24, 2.45) is 0 Å². The van der Waals surface area contributed by atoms with Crippen LogP contribution >= 0.6 is 11.6 Å². The first-order valence-electron chi connectivity index (χ1n) is 10.6. The maximum atomic E-state index is 12.4. The van der Waals surface area contributed by atoms with E-state index in [2.05, 4.69) is 26.7 Å². The highest BCUT2D eigenvalue weighted by molar-refractivity contribution is 6.30. The van der Waals surface area contributed by atoms with Crippen LogP contribution in [0, 0.1) is 6.92 Å². The zero-order valence-electron chi connectivity index (χ0n) is 19.1. The zero-order chi connectivity index (χ0) is 26.1. The quantitative estimate of drug-likeness (QED) is 0.261. The number of hydrogen-bond acceptors (Lipinski definition) is 5. The smallest absolute Gasteiger partial charge is 0.410 e. The van der Waals surface area contributed by atoms with Gasteiger partial charge in [0.05, 0.1) is 5.69 Å². The van der Waals surface area contributed by atoms with Gasteiger partial charge in [-0.05, 0) is 61.4 Å². The highest BCUT2D eigenvalue weighted by atomic mass is 35.5. The van der Waals surface area contributed by atoms with Crippen LogP contribution in [0.2, 0.25) is 5.02 Å². The topological polar surface area (TPSA) is 78.3 Å². The Hall–Kier alpha value is -4.05. The number of ether oxygens (including phenoxy) is 2. The van der Waals surface area contributed by atoms with Crippen molar-refractivity contribution in [3.63, 3.8) is 0 Å². The van der Waals surface area contributed by atoms with Gasteiger partial charge < -0.3 is 14.8 Å². The van der Waals surface area contributed by atoms with E-state index < -0.39 is 12.5 Å². The average Bonchev–Trinajstić information content (AvgIpc) is 3.30. The lowest BCUT2D eigenvalue weighted by Gasteiger charge is -2.09. The van der Waals surface area contributed by atoms with E-state index in [1.54, 1.807) is 43.4 Å². The third-order valence-corrected chi connectivity index (χ3v) is 4.83. The van der Waals surface area contributed by atoms with E-state index in [1.165, 1.54) is 35.3 Å². The molecule has 0 fully saturated rings. The SMILES string of the molecule is C=CC/C=C(\C=C/CNC(=O)Oc1ccc(Cl)cc1C)c1ncn(-c2ccc(OC(F)(F)F)cc2)n1. The summed E-state index contributed by atoms with van der Waals surface area (Å²) in [7, 11) is 0. The van der Waals surface area contributed by atoms with Crippen LogP contribution in [0.1, 0.15) is 17.8 Å². The van der Waals surface area contributed by atoms with E-state index in [-0.39, 0.29) is 12.3 Å². The molecule has 1 heterocycles. The lowest BCUT2D eigenvalue weighted by Crippen LogP contribution is -2.27. The lowest BCUT2D eigenvalue weighted by molar-refractivity contribution is -0.274. The highest BCUT2D eigenvalue weighted by Gasteiger charge is 2.31. The molecule has 0 radical (unpaired) electrons. The van der Waals surface area contributed by atoms with Gasteiger partial charge in [0.2, 0.25) is 0 Å². The molecule has 7 nitrogen and oxygen atoms in total. The number of aryl methyl sites for hydroxylation is 1. The molecule has 2 aromatic carbocycles. The molecule has 0 saturated heterocycles. The number of amides is 1. The predicted molar refractivity (Wildman–Crippen MR) is 130 cm³/mol. The number of alkyl halides is 3. The van der Waals surface area contributed by atoms with E-state index >= 15 is 0 Å². The summed E-state index contributed by atoms with van der Waals surface area (Å²) in [6.07, 6.45) is 3.58. The van der Waals surface area contributed by atoms with Gasteiger partial charge in [-0.2, -0.15) is 0 Å². The van der Waals surface area contributed by atoms with Gasteiger partial charge in [-0.25, -0.2) is 14.5 Å². The number of carbonyl (C=O) groups excluding carboxylic acids is 1. The average molecular weight is 519 g/mol. The summed E-state index contributed by atoms with van der Waals surface area (Å²) >= 11 is 5.90. The molecule has 0 atom stereocenters. The molecule has 3 rings (SSSR count). The molecule has 0 aliphatic carbocycles. The van der Waals surface area contributed by atoms with Crippen LogP contribution in [0.3, 0.4) is 0 Å². The molecule has 0 aliphatic heterocycles. The van der Waals surface area contributed by atoms with Gasteiger partial charge in [0.25, 0.3) is 0 Å². The third-order valence-electron chi connectivity index (χ3n) is 4.59. The first-order chi connectivity index (χ1) is 17.1. The molecule has 1 aromatic heterocycles. The van der Waals surface area contributed by atoms with Crippen LogP contribution in [0.15, 0.2) is 79.7 Å². The molecule has 36 heavy (non-hydrogen) atoms. The second-order valence-corrected chi connectivity index (χ2v) is 7.76. The second-order valence-electron chi connectivity index (χ2n) is 7.32. The summed E-state index contributed by atoms with van der Waals surface area (Å²) in [5.74, 6) is 0.446. The molecule has 11 heteroatoms. The van der Waals surface area contributed by atoms with E-state index in [1.807, 2.05) is 6.08 Å². The number of halogens is 4.